The summed E-state index contributed by atoms with van der Waals surface area (Å²) in [4.78, 5) is 10.5. The second-order valence-corrected chi connectivity index (χ2v) is 2.54. The van der Waals surface area contributed by atoms with Crippen LogP contribution in [-0.4, -0.2) is 31.1 Å². The molecule has 4 nitrogen and oxygen atoms in total. The van der Waals surface area contributed by atoms with Crippen LogP contribution in [0.25, 0.3) is 0 Å². The summed E-state index contributed by atoms with van der Waals surface area (Å²) >= 11 is 0. The van der Waals surface area contributed by atoms with E-state index in [0.29, 0.717) is 6.42 Å². The number of hydrogen-bond donors (Lipinski definition) is 1. The highest BCUT2D eigenvalue weighted by molar-refractivity contribution is 5.72. The Bertz CT molecular complexity index is 116. The Kier molecular flexibility index (Phi) is 6.70. The fourth-order valence-corrected chi connectivity index (χ4v) is 0.818. The van der Waals surface area contributed by atoms with Crippen LogP contribution in [0.3, 0.4) is 0 Å². The van der Waals surface area contributed by atoms with Crippen LogP contribution in [0.5, 0.6) is 0 Å². The molecule has 0 heterocycles. The third kappa shape index (κ3) is 5.09. The summed E-state index contributed by atoms with van der Waals surface area (Å²) in [5.41, 5.74) is 0. The van der Waals surface area contributed by atoms with Gasteiger partial charge in [-0.05, 0) is 6.42 Å². The van der Waals surface area contributed by atoms with Crippen molar-refractivity contribution in [3.63, 3.8) is 0 Å². The van der Waals surface area contributed by atoms with Gasteiger partial charge in [-0.1, -0.05) is 19.8 Å². The van der Waals surface area contributed by atoms with E-state index in [4.69, 9.17) is 9.84 Å². The zero-order valence-corrected chi connectivity index (χ0v) is 7.58. The Morgan fingerprint density at radius 2 is 2.25 bits per heavy atom. The number of carboxylic acids is 1. The molecule has 1 atom stereocenters. The molecule has 0 amide bonds. The van der Waals surface area contributed by atoms with Crippen molar-refractivity contribution in [1.29, 1.82) is 0 Å². The molecule has 0 aromatic carbocycles. The first kappa shape index (κ1) is 11.4. The van der Waals surface area contributed by atoms with Gasteiger partial charge in [0.25, 0.3) is 0 Å². The van der Waals surface area contributed by atoms with Crippen molar-refractivity contribution in [3.05, 3.63) is 0 Å². The van der Waals surface area contributed by atoms with E-state index in [9.17, 15) is 4.79 Å². The quantitative estimate of drug-likeness (QED) is 0.593. The zero-order valence-electron chi connectivity index (χ0n) is 7.58. The average Bonchev–Trinajstić information content (AvgIpc) is 2.04. The monoisotopic (exact) mass is 176 g/mol. The molecule has 4 heteroatoms. The standard InChI is InChI=1S/C8H16O4/c1-3-4-5-7(8(9)10)12-6-11-2/h7H,3-6H2,1-2H3,(H,9,10). The molecule has 0 spiro atoms. The number of carboxylic acid groups (broad SMARTS) is 1. The lowest BCUT2D eigenvalue weighted by atomic mass is 10.2. The Morgan fingerprint density at radius 1 is 1.58 bits per heavy atom. The van der Waals surface area contributed by atoms with Gasteiger partial charge in [0.15, 0.2) is 6.10 Å². The van der Waals surface area contributed by atoms with Crippen molar-refractivity contribution in [2.45, 2.75) is 32.3 Å². The summed E-state index contributed by atoms with van der Waals surface area (Å²) in [5, 5.41) is 8.65. The predicted octanol–water partition coefficient (Wildman–Crippen LogP) is 1.25. The molecule has 0 aliphatic heterocycles. The third-order valence-electron chi connectivity index (χ3n) is 1.48. The summed E-state index contributed by atoms with van der Waals surface area (Å²) in [6.45, 7) is 2.05. The fourth-order valence-electron chi connectivity index (χ4n) is 0.818. The van der Waals surface area contributed by atoms with Gasteiger partial charge in [0.1, 0.15) is 6.79 Å². The number of carbonyl (C=O) groups is 1. The SMILES string of the molecule is CCCCC(OCOC)C(=O)O. The predicted molar refractivity (Wildman–Crippen MR) is 43.9 cm³/mol. The minimum Gasteiger partial charge on any atom is -0.479 e. The number of aliphatic carboxylic acids is 1. The molecule has 0 aliphatic rings. The highest BCUT2D eigenvalue weighted by Gasteiger charge is 2.16. The first-order chi connectivity index (χ1) is 5.72. The van der Waals surface area contributed by atoms with Crippen molar-refractivity contribution < 1.29 is 19.4 Å². The Hall–Kier alpha value is -0.610. The average molecular weight is 176 g/mol. The van der Waals surface area contributed by atoms with Crippen LogP contribution in [0.4, 0.5) is 0 Å². The first-order valence-electron chi connectivity index (χ1n) is 4.05. The van der Waals surface area contributed by atoms with Gasteiger partial charge in [-0.3, -0.25) is 0 Å². The number of methoxy groups -OCH3 is 1. The van der Waals surface area contributed by atoms with Crippen LogP contribution in [0, 0.1) is 0 Å². The molecule has 0 saturated carbocycles. The van der Waals surface area contributed by atoms with Crippen LogP contribution in [0.15, 0.2) is 0 Å². The maximum atomic E-state index is 10.5. The molecule has 0 saturated heterocycles. The highest BCUT2D eigenvalue weighted by Crippen LogP contribution is 2.04. The molecule has 0 fully saturated rings. The van der Waals surface area contributed by atoms with Crippen LogP contribution in [0.1, 0.15) is 26.2 Å². The van der Waals surface area contributed by atoms with E-state index >= 15 is 0 Å². The van der Waals surface area contributed by atoms with Crippen molar-refractivity contribution in [1.82, 2.24) is 0 Å². The normalized spacial score (nSPS) is 12.8. The van der Waals surface area contributed by atoms with Gasteiger partial charge in [0.05, 0.1) is 0 Å². The number of ether oxygens (including phenoxy) is 2. The maximum absolute atomic E-state index is 10.5. The van der Waals surface area contributed by atoms with Gasteiger partial charge in [-0.15, -0.1) is 0 Å². The molecule has 0 rings (SSSR count). The van der Waals surface area contributed by atoms with Gasteiger partial charge in [-0.2, -0.15) is 0 Å². The molecule has 0 aliphatic carbocycles. The Balaban J connectivity index is 3.62. The van der Waals surface area contributed by atoms with Crippen molar-refractivity contribution >= 4 is 5.97 Å². The Labute approximate surface area is 72.5 Å². The van der Waals surface area contributed by atoms with E-state index in [-0.39, 0.29) is 6.79 Å². The van der Waals surface area contributed by atoms with Crippen molar-refractivity contribution in [3.8, 4) is 0 Å². The Morgan fingerprint density at radius 3 is 2.67 bits per heavy atom. The van der Waals surface area contributed by atoms with E-state index in [0.717, 1.165) is 12.8 Å². The second-order valence-electron chi connectivity index (χ2n) is 2.54. The topological polar surface area (TPSA) is 55.8 Å². The molecular weight excluding hydrogens is 160 g/mol. The molecule has 1 unspecified atom stereocenters. The van der Waals surface area contributed by atoms with Crippen molar-refractivity contribution in [2.24, 2.45) is 0 Å². The fraction of sp³-hybridized carbons (Fsp3) is 0.875. The molecule has 1 N–H and O–H groups in total. The van der Waals surface area contributed by atoms with Gasteiger partial charge < -0.3 is 14.6 Å². The third-order valence-corrected chi connectivity index (χ3v) is 1.48. The zero-order chi connectivity index (χ0) is 9.40. The summed E-state index contributed by atoms with van der Waals surface area (Å²) < 4.78 is 9.55. The minimum absolute atomic E-state index is 0.0423. The number of rotatable bonds is 7. The van der Waals surface area contributed by atoms with Crippen molar-refractivity contribution in [2.75, 3.05) is 13.9 Å². The van der Waals surface area contributed by atoms with Crippen LogP contribution in [0.2, 0.25) is 0 Å². The maximum Gasteiger partial charge on any atom is 0.332 e. The van der Waals surface area contributed by atoms with Gasteiger partial charge in [-0.25, -0.2) is 4.79 Å². The lowest BCUT2D eigenvalue weighted by Gasteiger charge is -2.11. The second kappa shape index (κ2) is 7.06. The molecule has 12 heavy (non-hydrogen) atoms. The smallest absolute Gasteiger partial charge is 0.332 e. The molecule has 0 aromatic rings. The van der Waals surface area contributed by atoms with E-state index in [1.54, 1.807) is 0 Å². The molecule has 72 valence electrons. The summed E-state index contributed by atoms with van der Waals surface area (Å²) in [7, 11) is 1.47. The van der Waals surface area contributed by atoms with E-state index in [2.05, 4.69) is 4.74 Å². The largest absolute Gasteiger partial charge is 0.479 e. The summed E-state index contributed by atoms with van der Waals surface area (Å²) in [6, 6.07) is 0. The molecular formula is C8H16O4. The minimum atomic E-state index is -0.916. The van der Waals surface area contributed by atoms with Gasteiger partial charge in [0, 0.05) is 7.11 Å². The number of hydrogen-bond acceptors (Lipinski definition) is 3. The van der Waals surface area contributed by atoms with E-state index in [1.807, 2.05) is 6.92 Å². The van der Waals surface area contributed by atoms with Crippen LogP contribution >= 0.6 is 0 Å². The summed E-state index contributed by atoms with van der Waals surface area (Å²) in [6.07, 6.45) is 1.67. The number of unbranched alkanes of at least 4 members (excludes halogenated alkanes) is 1. The van der Waals surface area contributed by atoms with Crippen LogP contribution < -0.4 is 0 Å². The summed E-state index contributed by atoms with van der Waals surface area (Å²) in [5.74, 6) is -0.916. The molecule has 0 bridgehead atoms. The van der Waals surface area contributed by atoms with Gasteiger partial charge >= 0.3 is 5.97 Å². The lowest BCUT2D eigenvalue weighted by Crippen LogP contribution is -2.24. The van der Waals surface area contributed by atoms with Gasteiger partial charge in [0.2, 0.25) is 0 Å². The lowest BCUT2D eigenvalue weighted by molar-refractivity contribution is -0.159. The van der Waals surface area contributed by atoms with E-state index < -0.39 is 12.1 Å². The first-order valence-corrected chi connectivity index (χ1v) is 4.05. The highest BCUT2D eigenvalue weighted by atomic mass is 16.7. The van der Waals surface area contributed by atoms with E-state index in [1.165, 1.54) is 7.11 Å². The van der Waals surface area contributed by atoms with Crippen LogP contribution in [-0.2, 0) is 14.3 Å². The molecule has 0 radical (unpaired) electrons. The molecule has 0 aromatic heterocycles.